The molecule has 0 fully saturated rings. The minimum absolute atomic E-state index is 0.0247. The van der Waals surface area contributed by atoms with Crippen molar-refractivity contribution in [2.45, 2.75) is 0 Å². The summed E-state index contributed by atoms with van der Waals surface area (Å²) in [7, 11) is 0. The number of hydrogen-bond donors (Lipinski definition) is 0. The SMILES string of the molecule is N#Cc1ncccc1Oc1c(Cl)cccc1[N+](=O)[O-]. The first-order chi connectivity index (χ1) is 9.13. The summed E-state index contributed by atoms with van der Waals surface area (Å²) in [5.74, 6) is -0.000123. The van der Waals surface area contributed by atoms with E-state index in [-0.39, 0.29) is 27.9 Å². The van der Waals surface area contributed by atoms with E-state index in [1.165, 1.54) is 30.5 Å². The molecule has 0 bridgehead atoms. The lowest BCUT2D eigenvalue weighted by Crippen LogP contribution is -1.96. The molecule has 0 radical (unpaired) electrons. The Morgan fingerprint density at radius 1 is 1.37 bits per heavy atom. The van der Waals surface area contributed by atoms with E-state index in [1.807, 2.05) is 6.07 Å². The summed E-state index contributed by atoms with van der Waals surface area (Å²) in [6.45, 7) is 0. The predicted molar refractivity (Wildman–Crippen MR) is 67.1 cm³/mol. The van der Waals surface area contributed by atoms with Crippen LogP contribution in [0.5, 0.6) is 11.5 Å². The van der Waals surface area contributed by atoms with Crippen molar-refractivity contribution in [3.63, 3.8) is 0 Å². The molecular formula is C12H6ClN3O3. The van der Waals surface area contributed by atoms with Gasteiger partial charge < -0.3 is 4.74 Å². The third-order valence-corrected chi connectivity index (χ3v) is 2.53. The lowest BCUT2D eigenvalue weighted by atomic mass is 10.3. The Morgan fingerprint density at radius 2 is 2.16 bits per heavy atom. The Hall–Kier alpha value is -2.65. The first-order valence-corrected chi connectivity index (χ1v) is 5.47. The average molecular weight is 276 g/mol. The van der Waals surface area contributed by atoms with E-state index in [2.05, 4.69) is 4.98 Å². The van der Waals surface area contributed by atoms with Gasteiger partial charge in [-0.05, 0) is 18.2 Å². The summed E-state index contributed by atoms with van der Waals surface area (Å²) in [5, 5.41) is 19.9. The van der Waals surface area contributed by atoms with Crippen LogP contribution in [0.1, 0.15) is 5.69 Å². The van der Waals surface area contributed by atoms with E-state index in [9.17, 15) is 10.1 Å². The highest BCUT2D eigenvalue weighted by atomic mass is 35.5. The maximum Gasteiger partial charge on any atom is 0.313 e. The fraction of sp³-hybridized carbons (Fsp3) is 0. The van der Waals surface area contributed by atoms with Gasteiger partial charge >= 0.3 is 5.69 Å². The summed E-state index contributed by atoms with van der Waals surface area (Å²) in [6.07, 6.45) is 1.42. The molecule has 7 heteroatoms. The molecule has 0 aliphatic carbocycles. The molecule has 6 nitrogen and oxygen atoms in total. The zero-order valence-electron chi connectivity index (χ0n) is 9.41. The van der Waals surface area contributed by atoms with Gasteiger partial charge in [-0.25, -0.2) is 4.98 Å². The van der Waals surface area contributed by atoms with Gasteiger partial charge in [0.1, 0.15) is 6.07 Å². The van der Waals surface area contributed by atoms with Crippen LogP contribution in [0.2, 0.25) is 5.02 Å². The van der Waals surface area contributed by atoms with Crippen molar-refractivity contribution in [1.29, 1.82) is 5.26 Å². The van der Waals surface area contributed by atoms with Crippen LogP contribution in [0.4, 0.5) is 5.69 Å². The number of hydrogen-bond acceptors (Lipinski definition) is 5. The summed E-state index contributed by atoms with van der Waals surface area (Å²) < 4.78 is 5.36. The summed E-state index contributed by atoms with van der Waals surface area (Å²) in [4.78, 5) is 14.1. The Kier molecular flexibility index (Phi) is 3.59. The molecule has 0 aliphatic heterocycles. The van der Waals surface area contributed by atoms with Gasteiger partial charge in [0, 0.05) is 12.3 Å². The molecule has 0 spiro atoms. The number of ether oxygens (including phenoxy) is 1. The largest absolute Gasteiger partial charge is 0.445 e. The number of nitriles is 1. The van der Waals surface area contributed by atoms with Crippen molar-refractivity contribution >= 4 is 17.3 Å². The molecule has 94 valence electrons. The van der Waals surface area contributed by atoms with Gasteiger partial charge in [0.2, 0.25) is 5.75 Å². The maximum absolute atomic E-state index is 10.9. The monoisotopic (exact) mass is 275 g/mol. The van der Waals surface area contributed by atoms with Gasteiger partial charge in [-0.3, -0.25) is 10.1 Å². The molecule has 2 aromatic rings. The molecule has 0 N–H and O–H groups in total. The molecule has 2 rings (SSSR count). The molecule has 0 saturated carbocycles. The van der Waals surface area contributed by atoms with Crippen LogP contribution < -0.4 is 4.74 Å². The van der Waals surface area contributed by atoms with Gasteiger partial charge in [-0.1, -0.05) is 17.7 Å². The summed E-state index contributed by atoms with van der Waals surface area (Å²) >= 11 is 5.89. The van der Waals surface area contributed by atoms with E-state index >= 15 is 0 Å². The number of pyridine rings is 1. The Bertz CT molecular complexity index is 682. The normalized spacial score (nSPS) is 9.68. The van der Waals surface area contributed by atoms with E-state index in [4.69, 9.17) is 21.6 Å². The molecule has 0 amide bonds. The lowest BCUT2D eigenvalue weighted by molar-refractivity contribution is -0.385. The zero-order chi connectivity index (χ0) is 13.8. The number of nitro groups is 1. The lowest BCUT2D eigenvalue weighted by Gasteiger charge is -2.08. The van der Waals surface area contributed by atoms with Crippen molar-refractivity contribution in [2.24, 2.45) is 0 Å². The number of nitrogens with zero attached hydrogens (tertiary/aromatic N) is 3. The van der Waals surface area contributed by atoms with Gasteiger partial charge in [-0.2, -0.15) is 5.26 Å². The predicted octanol–water partition coefficient (Wildman–Crippen LogP) is 3.31. The maximum atomic E-state index is 10.9. The van der Waals surface area contributed by atoms with Gasteiger partial charge in [0.05, 0.1) is 9.95 Å². The number of para-hydroxylation sites is 1. The zero-order valence-corrected chi connectivity index (χ0v) is 10.2. The van der Waals surface area contributed by atoms with E-state index in [1.54, 1.807) is 6.07 Å². The van der Waals surface area contributed by atoms with Crippen molar-refractivity contribution in [1.82, 2.24) is 4.98 Å². The number of halogens is 1. The fourth-order valence-electron chi connectivity index (χ4n) is 1.41. The third-order valence-electron chi connectivity index (χ3n) is 2.23. The molecule has 0 atom stereocenters. The molecule has 0 saturated heterocycles. The third kappa shape index (κ3) is 2.61. The average Bonchev–Trinajstić information content (AvgIpc) is 2.41. The summed E-state index contributed by atoms with van der Waals surface area (Å²) in [5.41, 5.74) is -0.253. The Morgan fingerprint density at radius 3 is 2.84 bits per heavy atom. The Labute approximate surface area is 113 Å². The van der Waals surface area contributed by atoms with E-state index < -0.39 is 4.92 Å². The standard InChI is InChI=1S/C12H6ClN3O3/c13-8-3-1-4-10(16(17)18)12(8)19-11-5-2-6-15-9(11)7-14/h1-6H. The molecular weight excluding hydrogens is 270 g/mol. The molecule has 1 heterocycles. The van der Waals surface area contributed by atoms with Crippen molar-refractivity contribution < 1.29 is 9.66 Å². The van der Waals surface area contributed by atoms with Gasteiger partial charge in [0.25, 0.3) is 0 Å². The van der Waals surface area contributed by atoms with Crippen molar-refractivity contribution in [2.75, 3.05) is 0 Å². The van der Waals surface area contributed by atoms with Crippen LogP contribution in [0.15, 0.2) is 36.5 Å². The van der Waals surface area contributed by atoms with Crippen LogP contribution in [-0.4, -0.2) is 9.91 Å². The number of rotatable bonds is 3. The molecule has 0 aliphatic rings. The number of benzene rings is 1. The molecule has 1 aromatic heterocycles. The minimum atomic E-state index is -0.608. The smallest absolute Gasteiger partial charge is 0.313 e. The second-order valence-electron chi connectivity index (χ2n) is 3.41. The highest BCUT2D eigenvalue weighted by Gasteiger charge is 2.20. The minimum Gasteiger partial charge on any atom is -0.445 e. The quantitative estimate of drug-likeness (QED) is 0.633. The second kappa shape index (κ2) is 5.33. The van der Waals surface area contributed by atoms with Crippen LogP contribution in [0.3, 0.4) is 0 Å². The van der Waals surface area contributed by atoms with Crippen molar-refractivity contribution in [3.05, 3.63) is 57.4 Å². The topological polar surface area (TPSA) is 89.0 Å². The second-order valence-corrected chi connectivity index (χ2v) is 3.82. The van der Waals surface area contributed by atoms with Crippen LogP contribution in [0.25, 0.3) is 0 Å². The first-order valence-electron chi connectivity index (χ1n) is 5.09. The highest BCUT2D eigenvalue weighted by molar-refractivity contribution is 6.32. The first kappa shape index (κ1) is 12.8. The van der Waals surface area contributed by atoms with Crippen LogP contribution in [-0.2, 0) is 0 Å². The molecule has 1 aromatic carbocycles. The highest BCUT2D eigenvalue weighted by Crippen LogP contribution is 2.38. The van der Waals surface area contributed by atoms with Gasteiger partial charge in [-0.15, -0.1) is 0 Å². The summed E-state index contributed by atoms with van der Waals surface area (Å²) in [6, 6.07) is 9.05. The van der Waals surface area contributed by atoms with Crippen molar-refractivity contribution in [3.8, 4) is 17.6 Å². The number of aromatic nitrogens is 1. The Balaban J connectivity index is 2.50. The van der Waals surface area contributed by atoms with Crippen LogP contribution in [0, 0.1) is 21.4 Å². The van der Waals surface area contributed by atoms with E-state index in [0.29, 0.717) is 0 Å². The number of nitro benzene ring substituents is 1. The van der Waals surface area contributed by atoms with Crippen LogP contribution >= 0.6 is 11.6 Å². The van der Waals surface area contributed by atoms with Gasteiger partial charge in [0.15, 0.2) is 11.4 Å². The fourth-order valence-corrected chi connectivity index (χ4v) is 1.62. The molecule has 19 heavy (non-hydrogen) atoms. The molecule has 0 unspecified atom stereocenters. The van der Waals surface area contributed by atoms with E-state index in [0.717, 1.165) is 0 Å².